The van der Waals surface area contributed by atoms with E-state index in [1.54, 1.807) is 46.2 Å². The minimum absolute atomic E-state index is 0.00357. The highest BCUT2D eigenvalue weighted by atomic mass is 35.5. The van der Waals surface area contributed by atoms with E-state index in [9.17, 15) is 37.1 Å². The van der Waals surface area contributed by atoms with Crippen LogP contribution in [0.15, 0.2) is 66.9 Å². The standard InChI is InChI=1S/C49H51ClF4N8O6/c1-47(2,3)20-38-48(24-57-33-19-37(49(52,53)54)56-21-31(33)48)40(30-8-5-9-32(50)41(30)51)42(43(55)64)62(38)34-13-10-25(18-36(34)68-4)45(66)60-16-6-7-28(23-60)58-27-11-12-29-26(17-27)22-61(46(29)67)35-14-15-39(63)59-44(35)65/h5,8-13,17-19,21,28,35,38,40,42,57-58H,6-7,14-16,20,22-24H2,1-4H3,(H2,55,64)(H,59,63,65)/t28-,35?,38-,40-,42+,48-/m0/s1. The van der Waals surface area contributed by atoms with Gasteiger partial charge in [-0.3, -0.25) is 34.3 Å². The van der Waals surface area contributed by atoms with Gasteiger partial charge in [-0.15, -0.1) is 0 Å². The van der Waals surface area contributed by atoms with Gasteiger partial charge in [-0.05, 0) is 90.8 Å². The Morgan fingerprint density at radius 3 is 2.53 bits per heavy atom. The molecule has 4 aromatic rings. The number of alkyl halides is 3. The van der Waals surface area contributed by atoms with Crippen LogP contribution in [-0.4, -0.2) is 95.2 Å². The molecule has 3 aromatic carbocycles. The molecule has 358 valence electrons. The van der Waals surface area contributed by atoms with Gasteiger partial charge in [-0.1, -0.05) is 44.5 Å². The summed E-state index contributed by atoms with van der Waals surface area (Å²) in [6, 6.07) is 12.7. The second kappa shape index (κ2) is 17.3. The summed E-state index contributed by atoms with van der Waals surface area (Å²) in [5.74, 6) is -3.90. The molecule has 0 aliphatic carbocycles. The number of hydrogen-bond donors (Lipinski definition) is 4. The smallest absolute Gasteiger partial charge is 0.433 e. The monoisotopic (exact) mass is 958 g/mol. The average molecular weight is 959 g/mol. The number of imide groups is 1. The zero-order valence-electron chi connectivity index (χ0n) is 37.8. The lowest BCUT2D eigenvalue weighted by Gasteiger charge is -2.41. The number of carbonyl (C=O) groups excluding carboxylic acids is 5. The molecule has 6 atom stereocenters. The Balaban J connectivity index is 1.03. The number of aromatic nitrogens is 1. The molecule has 0 bridgehead atoms. The quantitative estimate of drug-likeness (QED) is 0.101. The number of primary amides is 1. The number of fused-ring (bicyclic) bond motifs is 3. The maximum atomic E-state index is 16.5. The third-order valence-electron chi connectivity index (χ3n) is 14.1. The first-order chi connectivity index (χ1) is 32.2. The van der Waals surface area contributed by atoms with Crippen LogP contribution in [0.4, 0.5) is 34.6 Å². The fourth-order valence-corrected chi connectivity index (χ4v) is 11.4. The van der Waals surface area contributed by atoms with Crippen molar-refractivity contribution in [3.8, 4) is 5.75 Å². The Morgan fingerprint density at radius 2 is 1.82 bits per heavy atom. The van der Waals surface area contributed by atoms with E-state index < -0.39 is 64.4 Å². The van der Waals surface area contributed by atoms with Gasteiger partial charge in [0.05, 0.1) is 17.8 Å². The van der Waals surface area contributed by atoms with Crippen LogP contribution in [0, 0.1) is 11.2 Å². The minimum atomic E-state index is -4.75. The second-order valence-electron chi connectivity index (χ2n) is 19.6. The van der Waals surface area contributed by atoms with Gasteiger partial charge in [-0.25, -0.2) is 4.39 Å². The number of benzene rings is 3. The summed E-state index contributed by atoms with van der Waals surface area (Å²) in [5, 5.41) is 8.80. The molecule has 14 nitrogen and oxygen atoms in total. The van der Waals surface area contributed by atoms with Gasteiger partial charge in [0.1, 0.15) is 29.3 Å². The van der Waals surface area contributed by atoms with Crippen LogP contribution in [0.5, 0.6) is 5.75 Å². The number of methoxy groups -OCH3 is 1. The van der Waals surface area contributed by atoms with Crippen LogP contribution in [0.1, 0.15) is 102 Å². The van der Waals surface area contributed by atoms with Crippen LogP contribution in [0.25, 0.3) is 0 Å². The van der Waals surface area contributed by atoms with Gasteiger partial charge in [0.25, 0.3) is 11.8 Å². The number of ether oxygens (including phenoxy) is 1. The van der Waals surface area contributed by atoms with Crippen molar-refractivity contribution in [1.82, 2.24) is 20.1 Å². The van der Waals surface area contributed by atoms with E-state index in [0.29, 0.717) is 48.3 Å². The highest BCUT2D eigenvalue weighted by Crippen LogP contribution is 2.61. The van der Waals surface area contributed by atoms with E-state index in [1.807, 2.05) is 26.8 Å². The predicted molar refractivity (Wildman–Crippen MR) is 245 cm³/mol. The highest BCUT2D eigenvalue weighted by molar-refractivity contribution is 6.30. The third-order valence-corrected chi connectivity index (χ3v) is 14.4. The summed E-state index contributed by atoms with van der Waals surface area (Å²) in [4.78, 5) is 75.0. The summed E-state index contributed by atoms with van der Waals surface area (Å²) >= 11 is 6.40. The number of piperidine rings is 2. The summed E-state index contributed by atoms with van der Waals surface area (Å²) in [5.41, 5.74) is 6.68. The first kappa shape index (κ1) is 46.7. The maximum Gasteiger partial charge on any atom is 0.433 e. The number of carbonyl (C=O) groups is 5. The lowest BCUT2D eigenvalue weighted by molar-refractivity contribution is -0.141. The largest absolute Gasteiger partial charge is 0.495 e. The Kier molecular flexibility index (Phi) is 11.9. The fourth-order valence-electron chi connectivity index (χ4n) is 11.2. The molecule has 5 aliphatic heterocycles. The third kappa shape index (κ3) is 8.13. The zero-order valence-corrected chi connectivity index (χ0v) is 38.6. The molecule has 1 aromatic heterocycles. The number of anilines is 3. The van der Waals surface area contributed by atoms with Gasteiger partial charge in [0.2, 0.25) is 17.7 Å². The summed E-state index contributed by atoms with van der Waals surface area (Å²) < 4.78 is 64.7. The molecule has 68 heavy (non-hydrogen) atoms. The molecule has 9 rings (SSSR count). The topological polar surface area (TPSA) is 179 Å². The predicted octanol–water partition coefficient (Wildman–Crippen LogP) is 7.01. The summed E-state index contributed by atoms with van der Waals surface area (Å²) in [7, 11) is 1.43. The minimum Gasteiger partial charge on any atom is -0.495 e. The van der Waals surface area contributed by atoms with E-state index >= 15 is 4.39 Å². The first-order valence-corrected chi connectivity index (χ1v) is 22.9. The first-order valence-electron chi connectivity index (χ1n) is 22.5. The number of nitrogens with two attached hydrogens (primary N) is 1. The van der Waals surface area contributed by atoms with Crippen LogP contribution in [0.2, 0.25) is 5.02 Å². The Labute approximate surface area is 394 Å². The van der Waals surface area contributed by atoms with Gasteiger partial charge in [0.15, 0.2) is 0 Å². The van der Waals surface area contributed by atoms with Crippen molar-refractivity contribution in [3.63, 3.8) is 0 Å². The number of amides is 5. The van der Waals surface area contributed by atoms with Gasteiger partial charge < -0.3 is 35.8 Å². The van der Waals surface area contributed by atoms with E-state index in [0.717, 1.165) is 29.9 Å². The number of pyridine rings is 1. The van der Waals surface area contributed by atoms with Crippen LogP contribution in [0.3, 0.4) is 0 Å². The molecule has 5 N–H and O–H groups in total. The lowest BCUT2D eigenvalue weighted by atomic mass is 9.63. The molecule has 3 saturated heterocycles. The molecule has 19 heteroatoms. The SMILES string of the molecule is COc1cc(C(=O)N2CCC[C@H](Nc3ccc4c(c3)CN(C3CCC(=O)NC3=O)C4=O)C2)ccc1N1[C@@H](CC(C)(C)C)[C@@]2(CNc3cc(C(F)(F)F)ncc32)[C@@H](c2cccc(Cl)c2F)[C@@H]1C(N)=O. The van der Waals surface area contributed by atoms with Crippen LogP contribution in [-0.2, 0) is 32.5 Å². The number of nitrogens with zero attached hydrogens (tertiary/aromatic N) is 4. The molecule has 1 spiro atoms. The second-order valence-corrected chi connectivity index (χ2v) is 20.0. The van der Waals surface area contributed by atoms with E-state index in [4.69, 9.17) is 22.1 Å². The van der Waals surface area contributed by atoms with Gasteiger partial charge in [-0.2, -0.15) is 13.2 Å². The van der Waals surface area contributed by atoms with Crippen molar-refractivity contribution in [2.75, 3.05) is 42.3 Å². The highest BCUT2D eigenvalue weighted by Gasteiger charge is 2.66. The van der Waals surface area contributed by atoms with Crippen molar-refractivity contribution in [2.24, 2.45) is 11.1 Å². The Bertz CT molecular complexity index is 2750. The molecular formula is C49H51ClF4N8O6. The molecule has 0 saturated carbocycles. The number of halogens is 5. The van der Waals surface area contributed by atoms with Crippen LogP contribution < -0.4 is 31.3 Å². The average Bonchev–Trinajstić information content (AvgIpc) is 3.92. The normalized spacial score (nSPS) is 24.8. The van der Waals surface area contributed by atoms with Gasteiger partial charge >= 0.3 is 6.18 Å². The lowest BCUT2D eigenvalue weighted by Crippen LogP contribution is -2.52. The van der Waals surface area contributed by atoms with E-state index in [2.05, 4.69) is 20.9 Å². The van der Waals surface area contributed by atoms with Crippen molar-refractivity contribution in [2.45, 2.75) is 101 Å². The Hall–Kier alpha value is -6.43. The van der Waals surface area contributed by atoms with Crippen molar-refractivity contribution in [1.29, 1.82) is 0 Å². The fraction of sp³-hybridized carbons (Fsp3) is 0.429. The van der Waals surface area contributed by atoms with Crippen molar-refractivity contribution < 1.29 is 46.3 Å². The number of hydrogen-bond acceptors (Lipinski definition) is 10. The molecule has 1 unspecified atom stereocenters. The molecular weight excluding hydrogens is 908 g/mol. The summed E-state index contributed by atoms with van der Waals surface area (Å²) in [6.07, 6.45) is -1.40. The molecule has 5 amide bonds. The molecule has 0 radical (unpaired) electrons. The Morgan fingerprint density at radius 1 is 1.04 bits per heavy atom. The molecule has 3 fully saturated rings. The number of rotatable bonds is 9. The zero-order chi connectivity index (χ0) is 48.6. The maximum absolute atomic E-state index is 16.5. The van der Waals surface area contributed by atoms with Gasteiger partial charge in [0, 0.05) is 90.3 Å². The van der Waals surface area contributed by atoms with Crippen LogP contribution >= 0.6 is 11.6 Å². The molecule has 6 heterocycles. The van der Waals surface area contributed by atoms with Crippen molar-refractivity contribution in [3.05, 3.63) is 111 Å². The summed E-state index contributed by atoms with van der Waals surface area (Å²) in [6.45, 7) is 7.00. The van der Waals surface area contributed by atoms with Crippen molar-refractivity contribution >= 4 is 58.2 Å². The van der Waals surface area contributed by atoms with E-state index in [1.165, 1.54) is 24.1 Å². The number of nitrogens with one attached hydrogen (secondary N) is 3. The number of likely N-dealkylation sites (tertiary alicyclic amines) is 1. The molecule has 5 aliphatic rings. The van der Waals surface area contributed by atoms with E-state index in [-0.39, 0.29) is 71.7 Å².